The van der Waals surface area contributed by atoms with Crippen molar-refractivity contribution in [3.05, 3.63) is 35.4 Å². The minimum absolute atomic E-state index is 0.769. The number of rotatable bonds is 7. The lowest BCUT2D eigenvalue weighted by Gasteiger charge is -2.21. The average Bonchev–Trinajstić information content (AvgIpc) is 2.30. The molecule has 16 heavy (non-hydrogen) atoms. The van der Waals surface area contributed by atoms with Crippen molar-refractivity contribution in [2.24, 2.45) is 0 Å². The SMILES string of the molecule is CCCN(CCC)Cc1cccc(C=O)c1. The zero-order chi connectivity index (χ0) is 11.8. The normalized spacial score (nSPS) is 10.7. The number of nitrogens with zero attached hydrogens (tertiary/aromatic N) is 1. The Hall–Kier alpha value is -1.15. The molecule has 0 aromatic heterocycles. The lowest BCUT2D eigenvalue weighted by Crippen LogP contribution is -2.24. The molecule has 0 bridgehead atoms. The average molecular weight is 219 g/mol. The van der Waals surface area contributed by atoms with Crippen LogP contribution in [0.3, 0.4) is 0 Å². The van der Waals surface area contributed by atoms with Gasteiger partial charge in [0.2, 0.25) is 0 Å². The van der Waals surface area contributed by atoms with Crippen molar-refractivity contribution < 1.29 is 4.79 Å². The summed E-state index contributed by atoms with van der Waals surface area (Å²) in [4.78, 5) is 13.1. The molecule has 0 fully saturated rings. The molecule has 0 aliphatic heterocycles. The molecule has 2 heteroatoms. The molecule has 2 nitrogen and oxygen atoms in total. The number of hydrogen-bond donors (Lipinski definition) is 0. The first kappa shape index (κ1) is 12.9. The summed E-state index contributed by atoms with van der Waals surface area (Å²) in [6.45, 7) is 7.59. The second-order valence-electron chi connectivity index (χ2n) is 4.14. The molecule has 0 unspecified atom stereocenters. The third kappa shape index (κ3) is 4.15. The third-order valence-electron chi connectivity index (χ3n) is 2.57. The fourth-order valence-electron chi connectivity index (χ4n) is 1.93. The summed E-state index contributed by atoms with van der Waals surface area (Å²) in [7, 11) is 0. The Balaban J connectivity index is 2.64. The van der Waals surface area contributed by atoms with E-state index in [2.05, 4.69) is 24.8 Å². The van der Waals surface area contributed by atoms with E-state index in [0.717, 1.165) is 31.5 Å². The lowest BCUT2D eigenvalue weighted by molar-refractivity contribution is 0.112. The summed E-state index contributed by atoms with van der Waals surface area (Å²) < 4.78 is 0. The fraction of sp³-hybridized carbons (Fsp3) is 0.500. The molecule has 0 saturated carbocycles. The molecule has 1 rings (SSSR count). The Bertz CT molecular complexity index is 316. The highest BCUT2D eigenvalue weighted by Gasteiger charge is 2.04. The molecule has 1 aromatic rings. The first-order valence-electron chi connectivity index (χ1n) is 6.06. The van der Waals surface area contributed by atoms with Gasteiger partial charge in [0.15, 0.2) is 0 Å². The second kappa shape index (κ2) is 7.18. The monoisotopic (exact) mass is 219 g/mol. The van der Waals surface area contributed by atoms with Crippen LogP contribution in [0.1, 0.15) is 42.6 Å². The summed E-state index contributed by atoms with van der Waals surface area (Å²) in [5, 5.41) is 0. The van der Waals surface area contributed by atoms with Crippen molar-refractivity contribution in [2.45, 2.75) is 33.2 Å². The van der Waals surface area contributed by atoms with Crippen molar-refractivity contribution >= 4 is 6.29 Å². The maximum absolute atomic E-state index is 10.7. The van der Waals surface area contributed by atoms with Crippen LogP contribution >= 0.6 is 0 Å². The first-order valence-corrected chi connectivity index (χ1v) is 6.06. The Kier molecular flexibility index (Phi) is 5.79. The number of carbonyl (C=O) groups excluding carboxylic acids is 1. The van der Waals surface area contributed by atoms with Gasteiger partial charge < -0.3 is 0 Å². The van der Waals surface area contributed by atoms with Crippen molar-refractivity contribution in [2.75, 3.05) is 13.1 Å². The predicted octanol–water partition coefficient (Wildman–Crippen LogP) is 3.12. The van der Waals surface area contributed by atoms with Gasteiger partial charge in [0.25, 0.3) is 0 Å². The number of aldehydes is 1. The summed E-state index contributed by atoms with van der Waals surface area (Å²) >= 11 is 0. The predicted molar refractivity (Wildman–Crippen MR) is 67.7 cm³/mol. The fourth-order valence-corrected chi connectivity index (χ4v) is 1.93. The van der Waals surface area contributed by atoms with Crippen LogP contribution in [-0.2, 0) is 6.54 Å². The zero-order valence-electron chi connectivity index (χ0n) is 10.3. The quantitative estimate of drug-likeness (QED) is 0.657. The standard InChI is InChI=1S/C14H21NO/c1-3-8-15(9-4-2)11-13-6-5-7-14(10-13)12-16/h5-7,10,12H,3-4,8-9,11H2,1-2H3. The van der Waals surface area contributed by atoms with E-state index >= 15 is 0 Å². The van der Waals surface area contributed by atoms with Crippen molar-refractivity contribution in [3.8, 4) is 0 Å². The smallest absolute Gasteiger partial charge is 0.150 e. The summed E-state index contributed by atoms with van der Waals surface area (Å²) in [6, 6.07) is 7.87. The van der Waals surface area contributed by atoms with Gasteiger partial charge in [-0.25, -0.2) is 0 Å². The molecule has 0 saturated heterocycles. The summed E-state index contributed by atoms with van der Waals surface area (Å²) in [6.07, 6.45) is 3.26. The van der Waals surface area contributed by atoms with Gasteiger partial charge in [-0.1, -0.05) is 32.0 Å². The van der Waals surface area contributed by atoms with Gasteiger partial charge in [-0.05, 0) is 37.6 Å². The number of carbonyl (C=O) groups is 1. The van der Waals surface area contributed by atoms with E-state index in [1.807, 2.05) is 18.2 Å². The highest BCUT2D eigenvalue weighted by atomic mass is 16.1. The Labute approximate surface area is 98.3 Å². The number of benzene rings is 1. The maximum atomic E-state index is 10.7. The van der Waals surface area contributed by atoms with E-state index in [-0.39, 0.29) is 0 Å². The minimum Gasteiger partial charge on any atom is -0.299 e. The Morgan fingerprint density at radius 3 is 2.44 bits per heavy atom. The van der Waals surface area contributed by atoms with Crippen LogP contribution in [0.5, 0.6) is 0 Å². The second-order valence-corrected chi connectivity index (χ2v) is 4.14. The van der Waals surface area contributed by atoms with Crippen LogP contribution in [-0.4, -0.2) is 24.3 Å². The van der Waals surface area contributed by atoms with E-state index in [9.17, 15) is 4.79 Å². The minimum atomic E-state index is 0.769. The first-order chi connectivity index (χ1) is 7.80. The molecule has 0 radical (unpaired) electrons. The molecule has 1 aromatic carbocycles. The zero-order valence-corrected chi connectivity index (χ0v) is 10.3. The molecule has 0 heterocycles. The van der Waals surface area contributed by atoms with Gasteiger partial charge >= 0.3 is 0 Å². The van der Waals surface area contributed by atoms with Gasteiger partial charge in [-0.3, -0.25) is 9.69 Å². The van der Waals surface area contributed by atoms with E-state index in [4.69, 9.17) is 0 Å². The summed E-state index contributed by atoms with van der Waals surface area (Å²) in [5.74, 6) is 0. The molecule has 0 atom stereocenters. The van der Waals surface area contributed by atoms with E-state index < -0.39 is 0 Å². The maximum Gasteiger partial charge on any atom is 0.150 e. The van der Waals surface area contributed by atoms with Gasteiger partial charge in [0, 0.05) is 12.1 Å². The molecule has 88 valence electrons. The van der Waals surface area contributed by atoms with Crippen LogP contribution in [0.25, 0.3) is 0 Å². The van der Waals surface area contributed by atoms with Crippen LogP contribution in [0.2, 0.25) is 0 Å². The molecular weight excluding hydrogens is 198 g/mol. The van der Waals surface area contributed by atoms with Crippen molar-refractivity contribution in [3.63, 3.8) is 0 Å². The van der Waals surface area contributed by atoms with Crippen LogP contribution in [0.15, 0.2) is 24.3 Å². The van der Waals surface area contributed by atoms with Gasteiger partial charge in [-0.15, -0.1) is 0 Å². The third-order valence-corrected chi connectivity index (χ3v) is 2.57. The lowest BCUT2D eigenvalue weighted by atomic mass is 10.1. The van der Waals surface area contributed by atoms with Gasteiger partial charge in [-0.2, -0.15) is 0 Å². The van der Waals surface area contributed by atoms with Gasteiger partial charge in [0.1, 0.15) is 6.29 Å². The van der Waals surface area contributed by atoms with Crippen molar-refractivity contribution in [1.82, 2.24) is 4.90 Å². The topological polar surface area (TPSA) is 20.3 Å². The molecular formula is C14H21NO. The van der Waals surface area contributed by atoms with E-state index in [1.165, 1.54) is 18.4 Å². The van der Waals surface area contributed by atoms with Gasteiger partial charge in [0.05, 0.1) is 0 Å². The Morgan fingerprint density at radius 2 is 1.88 bits per heavy atom. The van der Waals surface area contributed by atoms with E-state index in [1.54, 1.807) is 0 Å². The number of hydrogen-bond acceptors (Lipinski definition) is 2. The van der Waals surface area contributed by atoms with E-state index in [0.29, 0.717) is 0 Å². The van der Waals surface area contributed by atoms with Crippen molar-refractivity contribution in [1.29, 1.82) is 0 Å². The molecule has 0 amide bonds. The molecule has 0 spiro atoms. The summed E-state index contributed by atoms with van der Waals surface area (Å²) in [5.41, 5.74) is 2.00. The van der Waals surface area contributed by atoms with Crippen LogP contribution in [0.4, 0.5) is 0 Å². The molecule has 0 aliphatic rings. The van der Waals surface area contributed by atoms with Crippen LogP contribution < -0.4 is 0 Å². The molecule has 0 N–H and O–H groups in total. The highest BCUT2D eigenvalue weighted by Crippen LogP contribution is 2.08. The highest BCUT2D eigenvalue weighted by molar-refractivity contribution is 5.74. The van der Waals surface area contributed by atoms with Crippen LogP contribution in [0, 0.1) is 0 Å². The largest absolute Gasteiger partial charge is 0.299 e. The molecule has 0 aliphatic carbocycles. The Morgan fingerprint density at radius 1 is 1.19 bits per heavy atom.